The van der Waals surface area contributed by atoms with Crippen LogP contribution < -0.4 is 0 Å². The molecule has 0 amide bonds. The van der Waals surface area contributed by atoms with Gasteiger partial charge in [-0.05, 0) is 56.4 Å². The molecule has 7 aromatic carbocycles. The van der Waals surface area contributed by atoms with Crippen molar-refractivity contribution >= 4 is 75.0 Å². The summed E-state index contributed by atoms with van der Waals surface area (Å²) in [6, 6.07) is 48.2. The summed E-state index contributed by atoms with van der Waals surface area (Å²) in [5, 5.41) is 10.1. The fourth-order valence-electron chi connectivity index (χ4n) is 6.55. The van der Waals surface area contributed by atoms with Gasteiger partial charge in [-0.25, -0.2) is 0 Å². The molecule has 1 nitrogen and oxygen atoms in total. The summed E-state index contributed by atoms with van der Waals surface area (Å²) in [5.74, 6) is 0. The molecule has 0 bridgehead atoms. The molecule has 2 aromatic heterocycles. The van der Waals surface area contributed by atoms with Gasteiger partial charge in [-0.2, -0.15) is 0 Å². The largest absolute Gasteiger partial charge is 0.456 e. The SMILES string of the molecule is c1ccc(-c2c3ccccc3c(-c3cccc4c3sc3cc5oc6ccccc6c5cc34)c3ccccc23)cc1. The standard InChI is InChI=1S/C38H22OS/c1-2-11-23(12-3-1)36-25-14-4-6-16-27(25)37(28-17-7-5-15-26(28)36)30-19-10-18-29-32-21-31-24-13-8-9-20-33(24)39-34(31)22-35(32)40-38(29)30/h1-22H. The number of fused-ring (bicyclic) bond motifs is 8. The minimum absolute atomic E-state index is 0.941. The summed E-state index contributed by atoms with van der Waals surface area (Å²) in [4.78, 5) is 0. The van der Waals surface area contributed by atoms with Crippen molar-refractivity contribution in [1.82, 2.24) is 0 Å². The number of furan rings is 1. The van der Waals surface area contributed by atoms with E-state index in [4.69, 9.17) is 4.42 Å². The minimum atomic E-state index is 0.941. The summed E-state index contributed by atoms with van der Waals surface area (Å²) in [6.45, 7) is 0. The van der Waals surface area contributed by atoms with E-state index in [1.807, 2.05) is 17.4 Å². The molecular formula is C38H22OS. The van der Waals surface area contributed by atoms with Crippen LogP contribution in [-0.2, 0) is 0 Å². The van der Waals surface area contributed by atoms with Crippen LogP contribution in [0.3, 0.4) is 0 Å². The summed E-state index contributed by atoms with van der Waals surface area (Å²) in [7, 11) is 0. The smallest absolute Gasteiger partial charge is 0.136 e. The third kappa shape index (κ3) is 3.03. The predicted octanol–water partition coefficient (Wildman–Crippen LogP) is 11.6. The van der Waals surface area contributed by atoms with Crippen LogP contribution in [0.5, 0.6) is 0 Å². The Balaban J connectivity index is 1.41. The van der Waals surface area contributed by atoms with Crippen molar-refractivity contribution in [2.24, 2.45) is 0 Å². The molecule has 2 heterocycles. The van der Waals surface area contributed by atoms with Crippen LogP contribution in [0.25, 0.3) is 85.9 Å². The highest BCUT2D eigenvalue weighted by atomic mass is 32.1. The number of rotatable bonds is 2. The third-order valence-electron chi connectivity index (χ3n) is 8.26. The lowest BCUT2D eigenvalue weighted by Crippen LogP contribution is -1.90. The van der Waals surface area contributed by atoms with Crippen LogP contribution in [0.15, 0.2) is 138 Å². The first-order valence-electron chi connectivity index (χ1n) is 13.6. The molecule has 0 N–H and O–H groups in total. The zero-order chi connectivity index (χ0) is 26.2. The van der Waals surface area contributed by atoms with Gasteiger partial charge >= 0.3 is 0 Å². The second-order valence-electron chi connectivity index (χ2n) is 10.4. The molecule has 40 heavy (non-hydrogen) atoms. The van der Waals surface area contributed by atoms with Gasteiger partial charge in [-0.15, -0.1) is 11.3 Å². The topological polar surface area (TPSA) is 13.1 Å². The average Bonchev–Trinajstić information content (AvgIpc) is 3.56. The lowest BCUT2D eigenvalue weighted by molar-refractivity contribution is 0.669. The van der Waals surface area contributed by atoms with E-state index >= 15 is 0 Å². The highest BCUT2D eigenvalue weighted by Gasteiger charge is 2.20. The Bertz CT molecular complexity index is 2370. The van der Waals surface area contributed by atoms with Gasteiger partial charge in [0.25, 0.3) is 0 Å². The van der Waals surface area contributed by atoms with E-state index in [-0.39, 0.29) is 0 Å². The molecule has 9 rings (SSSR count). The Labute approximate surface area is 234 Å². The van der Waals surface area contributed by atoms with Crippen LogP contribution in [-0.4, -0.2) is 0 Å². The number of hydrogen-bond acceptors (Lipinski definition) is 2. The Hall–Kier alpha value is -4.92. The van der Waals surface area contributed by atoms with Crippen molar-refractivity contribution in [2.75, 3.05) is 0 Å². The van der Waals surface area contributed by atoms with E-state index < -0.39 is 0 Å². The predicted molar refractivity (Wildman–Crippen MR) is 172 cm³/mol. The molecule has 0 radical (unpaired) electrons. The highest BCUT2D eigenvalue weighted by Crippen LogP contribution is 2.48. The number of benzene rings is 7. The Morgan fingerprint density at radius 3 is 1.73 bits per heavy atom. The Morgan fingerprint density at radius 2 is 1.00 bits per heavy atom. The molecule has 9 aromatic rings. The van der Waals surface area contributed by atoms with Crippen LogP contribution in [0.2, 0.25) is 0 Å². The molecule has 0 fully saturated rings. The molecule has 0 atom stereocenters. The van der Waals surface area contributed by atoms with Crippen molar-refractivity contribution < 1.29 is 4.42 Å². The molecule has 0 aliphatic rings. The van der Waals surface area contributed by atoms with Crippen molar-refractivity contribution in [3.8, 4) is 22.3 Å². The van der Waals surface area contributed by atoms with Crippen molar-refractivity contribution in [3.05, 3.63) is 133 Å². The van der Waals surface area contributed by atoms with E-state index in [1.165, 1.54) is 74.7 Å². The van der Waals surface area contributed by atoms with Gasteiger partial charge in [0.1, 0.15) is 11.2 Å². The molecule has 186 valence electrons. The first-order valence-corrected chi connectivity index (χ1v) is 14.4. The van der Waals surface area contributed by atoms with Gasteiger partial charge in [-0.3, -0.25) is 0 Å². The first-order chi connectivity index (χ1) is 19.8. The maximum atomic E-state index is 6.25. The van der Waals surface area contributed by atoms with Crippen molar-refractivity contribution in [1.29, 1.82) is 0 Å². The molecule has 0 saturated carbocycles. The summed E-state index contributed by atoms with van der Waals surface area (Å²) < 4.78 is 8.82. The van der Waals surface area contributed by atoms with E-state index in [0.717, 1.165) is 11.2 Å². The van der Waals surface area contributed by atoms with E-state index in [0.29, 0.717) is 0 Å². The molecule has 0 saturated heterocycles. The average molecular weight is 527 g/mol. The maximum Gasteiger partial charge on any atom is 0.136 e. The molecule has 0 unspecified atom stereocenters. The Kier molecular flexibility index (Phi) is 4.55. The number of hydrogen-bond donors (Lipinski definition) is 0. The van der Waals surface area contributed by atoms with E-state index in [9.17, 15) is 0 Å². The second kappa shape index (κ2) is 8.29. The van der Waals surface area contributed by atoms with E-state index in [2.05, 4.69) is 127 Å². The number of para-hydroxylation sites is 1. The number of thiophene rings is 1. The fourth-order valence-corrected chi connectivity index (χ4v) is 7.78. The van der Waals surface area contributed by atoms with Crippen LogP contribution in [0, 0.1) is 0 Å². The minimum Gasteiger partial charge on any atom is -0.456 e. The molecular weight excluding hydrogens is 504 g/mol. The van der Waals surface area contributed by atoms with Crippen LogP contribution in [0.4, 0.5) is 0 Å². The zero-order valence-electron chi connectivity index (χ0n) is 21.5. The zero-order valence-corrected chi connectivity index (χ0v) is 22.3. The molecule has 2 heteroatoms. The van der Waals surface area contributed by atoms with Crippen LogP contribution in [0.1, 0.15) is 0 Å². The lowest BCUT2D eigenvalue weighted by Gasteiger charge is -2.18. The van der Waals surface area contributed by atoms with Gasteiger partial charge in [0, 0.05) is 36.5 Å². The van der Waals surface area contributed by atoms with Gasteiger partial charge < -0.3 is 4.42 Å². The van der Waals surface area contributed by atoms with Crippen molar-refractivity contribution in [3.63, 3.8) is 0 Å². The van der Waals surface area contributed by atoms with Gasteiger partial charge in [0.2, 0.25) is 0 Å². The third-order valence-corrected chi connectivity index (χ3v) is 9.46. The van der Waals surface area contributed by atoms with Gasteiger partial charge in [0.05, 0.1) is 0 Å². The van der Waals surface area contributed by atoms with E-state index in [1.54, 1.807) is 0 Å². The molecule has 0 spiro atoms. The second-order valence-corrected chi connectivity index (χ2v) is 11.5. The first kappa shape index (κ1) is 22.0. The molecule has 0 aliphatic carbocycles. The fraction of sp³-hybridized carbons (Fsp3) is 0. The summed E-state index contributed by atoms with van der Waals surface area (Å²) in [5.41, 5.74) is 7.02. The summed E-state index contributed by atoms with van der Waals surface area (Å²) in [6.07, 6.45) is 0. The highest BCUT2D eigenvalue weighted by molar-refractivity contribution is 7.26. The van der Waals surface area contributed by atoms with Crippen molar-refractivity contribution in [2.45, 2.75) is 0 Å². The molecule has 0 aliphatic heterocycles. The maximum absolute atomic E-state index is 6.25. The lowest BCUT2D eigenvalue weighted by atomic mass is 9.86. The Morgan fingerprint density at radius 1 is 0.400 bits per heavy atom. The van der Waals surface area contributed by atoms with Crippen LogP contribution >= 0.6 is 11.3 Å². The normalized spacial score (nSPS) is 12.0. The summed E-state index contributed by atoms with van der Waals surface area (Å²) >= 11 is 1.87. The monoisotopic (exact) mass is 526 g/mol. The quantitative estimate of drug-likeness (QED) is 0.204. The van der Waals surface area contributed by atoms with Gasteiger partial charge in [0.15, 0.2) is 0 Å². The van der Waals surface area contributed by atoms with Gasteiger partial charge in [-0.1, -0.05) is 115 Å².